The van der Waals surface area contributed by atoms with Gasteiger partial charge in [-0.1, -0.05) is 24.3 Å². The molecular formula is C12H16OS3. The van der Waals surface area contributed by atoms with Gasteiger partial charge >= 0.3 is 0 Å². The molecule has 0 unspecified atom stereocenters. The summed E-state index contributed by atoms with van der Waals surface area (Å²) in [6.07, 6.45) is 5.97. The summed E-state index contributed by atoms with van der Waals surface area (Å²) in [5.41, 5.74) is 1.88. The van der Waals surface area contributed by atoms with Crippen molar-refractivity contribution in [1.29, 1.82) is 0 Å². The van der Waals surface area contributed by atoms with Gasteiger partial charge in [0.2, 0.25) is 0 Å². The van der Waals surface area contributed by atoms with Gasteiger partial charge in [0.1, 0.15) is 0 Å². The topological polar surface area (TPSA) is 17.1 Å². The maximum atomic E-state index is 12.5. The molecule has 0 aliphatic rings. The monoisotopic (exact) mass is 272 g/mol. The van der Waals surface area contributed by atoms with Crippen LogP contribution in [0.2, 0.25) is 0 Å². The van der Waals surface area contributed by atoms with Gasteiger partial charge in [-0.15, -0.1) is 35.3 Å². The molecule has 0 radical (unpaired) electrons. The minimum atomic E-state index is -0.411. The SMILES string of the molecule is CSC(SC)(SC)C(=O)c1ccccc1C. The van der Waals surface area contributed by atoms with E-state index in [1.165, 1.54) is 0 Å². The van der Waals surface area contributed by atoms with Gasteiger partial charge < -0.3 is 0 Å². The zero-order chi connectivity index (χ0) is 12.2. The molecule has 88 valence electrons. The van der Waals surface area contributed by atoms with Crippen molar-refractivity contribution in [2.45, 2.75) is 10.3 Å². The summed E-state index contributed by atoms with van der Waals surface area (Å²) in [6.45, 7) is 1.99. The molecule has 0 aromatic heterocycles. The highest BCUT2D eigenvalue weighted by Crippen LogP contribution is 2.45. The molecule has 0 aliphatic carbocycles. The molecule has 1 aromatic carbocycles. The van der Waals surface area contributed by atoms with E-state index in [9.17, 15) is 4.79 Å². The molecular weight excluding hydrogens is 256 g/mol. The third-order valence-corrected chi connectivity index (χ3v) is 7.64. The molecule has 0 saturated carbocycles. The smallest absolute Gasteiger partial charge is 0.199 e. The molecule has 0 spiro atoms. The number of thioether (sulfide) groups is 3. The third kappa shape index (κ3) is 2.60. The Kier molecular flexibility index (Phi) is 5.28. The van der Waals surface area contributed by atoms with E-state index in [0.717, 1.165) is 11.1 Å². The van der Waals surface area contributed by atoms with Gasteiger partial charge in [0.25, 0.3) is 0 Å². The summed E-state index contributed by atoms with van der Waals surface area (Å²) in [4.78, 5) is 12.5. The average Bonchev–Trinajstić information content (AvgIpc) is 2.32. The lowest BCUT2D eigenvalue weighted by Gasteiger charge is -2.26. The summed E-state index contributed by atoms with van der Waals surface area (Å²) < 4.78 is -0.411. The lowest BCUT2D eigenvalue weighted by atomic mass is 10.1. The third-order valence-electron chi connectivity index (χ3n) is 2.47. The summed E-state index contributed by atoms with van der Waals surface area (Å²) in [5, 5.41) is 0. The normalized spacial score (nSPS) is 11.5. The Bertz CT molecular complexity index is 364. The zero-order valence-corrected chi connectivity index (χ0v) is 12.4. The van der Waals surface area contributed by atoms with Crippen LogP contribution in [-0.4, -0.2) is 28.0 Å². The first kappa shape index (κ1) is 14.0. The van der Waals surface area contributed by atoms with Crippen molar-refractivity contribution in [3.8, 4) is 0 Å². The number of ketones is 1. The number of Topliss-reactive ketones (excluding diaryl/α,β-unsaturated/α-hetero) is 1. The highest BCUT2D eigenvalue weighted by atomic mass is 32.3. The molecule has 0 heterocycles. The Morgan fingerprint density at radius 1 is 1.06 bits per heavy atom. The van der Waals surface area contributed by atoms with Crippen molar-refractivity contribution < 1.29 is 4.79 Å². The van der Waals surface area contributed by atoms with Crippen LogP contribution in [0.3, 0.4) is 0 Å². The second-order valence-corrected chi connectivity index (χ2v) is 7.15. The van der Waals surface area contributed by atoms with Crippen LogP contribution in [0, 0.1) is 6.92 Å². The van der Waals surface area contributed by atoms with Crippen molar-refractivity contribution in [3.05, 3.63) is 35.4 Å². The summed E-state index contributed by atoms with van der Waals surface area (Å²) in [6, 6.07) is 7.78. The number of carbonyl (C=O) groups excluding carboxylic acids is 1. The van der Waals surface area contributed by atoms with E-state index in [0.29, 0.717) is 0 Å². The molecule has 1 aromatic rings. The first-order valence-corrected chi connectivity index (χ1v) is 8.54. The van der Waals surface area contributed by atoms with Crippen molar-refractivity contribution in [2.75, 3.05) is 18.8 Å². The van der Waals surface area contributed by atoms with Crippen molar-refractivity contribution >= 4 is 41.1 Å². The highest BCUT2D eigenvalue weighted by Gasteiger charge is 2.37. The predicted molar refractivity (Wildman–Crippen MR) is 78.8 cm³/mol. The van der Waals surface area contributed by atoms with Crippen LogP contribution in [0.1, 0.15) is 15.9 Å². The van der Waals surface area contributed by atoms with E-state index in [2.05, 4.69) is 0 Å². The van der Waals surface area contributed by atoms with E-state index < -0.39 is 3.41 Å². The molecule has 0 atom stereocenters. The second kappa shape index (κ2) is 6.03. The number of aryl methyl sites for hydroxylation is 1. The molecule has 4 heteroatoms. The standard InChI is InChI=1S/C12H16OS3/c1-9-7-5-6-8-10(9)11(13)12(14-2,15-3)16-4/h5-8H,1-4H3. The van der Waals surface area contributed by atoms with Crippen LogP contribution in [0.25, 0.3) is 0 Å². The van der Waals surface area contributed by atoms with E-state index in [1.807, 2.05) is 50.0 Å². The number of benzene rings is 1. The maximum Gasteiger partial charge on any atom is 0.199 e. The van der Waals surface area contributed by atoms with E-state index >= 15 is 0 Å². The molecule has 0 fully saturated rings. The van der Waals surface area contributed by atoms with Gasteiger partial charge in [-0.25, -0.2) is 0 Å². The van der Waals surface area contributed by atoms with Crippen LogP contribution in [-0.2, 0) is 0 Å². The predicted octanol–water partition coefficient (Wildman–Crippen LogP) is 3.92. The van der Waals surface area contributed by atoms with Gasteiger partial charge in [-0.2, -0.15) is 0 Å². The van der Waals surface area contributed by atoms with Crippen molar-refractivity contribution in [1.82, 2.24) is 0 Å². The van der Waals surface area contributed by atoms with Gasteiger partial charge in [-0.3, -0.25) is 4.79 Å². The minimum absolute atomic E-state index is 0.207. The van der Waals surface area contributed by atoms with E-state index in [-0.39, 0.29) is 5.78 Å². The first-order valence-electron chi connectivity index (χ1n) is 4.87. The molecule has 0 saturated heterocycles. The number of rotatable bonds is 5. The fourth-order valence-electron chi connectivity index (χ4n) is 1.52. The van der Waals surface area contributed by atoms with Crippen LogP contribution in [0.4, 0.5) is 0 Å². The summed E-state index contributed by atoms with van der Waals surface area (Å²) in [5.74, 6) is 0.207. The Labute approximate surface area is 110 Å². The van der Waals surface area contributed by atoms with E-state index in [4.69, 9.17) is 0 Å². The molecule has 0 N–H and O–H groups in total. The van der Waals surface area contributed by atoms with Gasteiger partial charge in [0.15, 0.2) is 9.19 Å². The number of hydrogen-bond acceptors (Lipinski definition) is 4. The van der Waals surface area contributed by atoms with Gasteiger partial charge in [0, 0.05) is 5.56 Å². The molecule has 16 heavy (non-hydrogen) atoms. The van der Waals surface area contributed by atoms with E-state index in [1.54, 1.807) is 35.3 Å². The van der Waals surface area contributed by atoms with Crippen LogP contribution in [0.5, 0.6) is 0 Å². The molecule has 1 rings (SSSR count). The highest BCUT2D eigenvalue weighted by molar-refractivity contribution is 8.34. The fourth-order valence-corrected chi connectivity index (χ4v) is 4.41. The quantitative estimate of drug-likeness (QED) is 0.596. The van der Waals surface area contributed by atoms with Gasteiger partial charge in [-0.05, 0) is 31.3 Å². The fraction of sp³-hybridized carbons (Fsp3) is 0.417. The summed E-state index contributed by atoms with van der Waals surface area (Å²) in [7, 11) is 0. The molecule has 0 bridgehead atoms. The van der Waals surface area contributed by atoms with Crippen LogP contribution >= 0.6 is 35.3 Å². The molecule has 1 nitrogen and oxygen atoms in total. The average molecular weight is 272 g/mol. The molecule has 0 aliphatic heterocycles. The Morgan fingerprint density at radius 2 is 1.56 bits per heavy atom. The lowest BCUT2D eigenvalue weighted by Crippen LogP contribution is -2.27. The van der Waals surface area contributed by atoms with Crippen LogP contribution in [0.15, 0.2) is 24.3 Å². The zero-order valence-electron chi connectivity index (χ0n) is 9.94. The minimum Gasteiger partial charge on any atom is -0.291 e. The number of carbonyl (C=O) groups is 1. The molecule has 0 amide bonds. The summed E-state index contributed by atoms with van der Waals surface area (Å²) >= 11 is 4.82. The Hall–Kier alpha value is -0.0600. The number of hydrogen-bond donors (Lipinski definition) is 0. The Morgan fingerprint density at radius 3 is 2.00 bits per heavy atom. The van der Waals surface area contributed by atoms with Gasteiger partial charge in [0.05, 0.1) is 0 Å². The lowest BCUT2D eigenvalue weighted by molar-refractivity contribution is 0.100. The first-order chi connectivity index (χ1) is 7.61. The largest absolute Gasteiger partial charge is 0.291 e. The van der Waals surface area contributed by atoms with Crippen molar-refractivity contribution in [2.24, 2.45) is 0 Å². The maximum absolute atomic E-state index is 12.5. The van der Waals surface area contributed by atoms with Crippen molar-refractivity contribution in [3.63, 3.8) is 0 Å². The van der Waals surface area contributed by atoms with Crippen LogP contribution < -0.4 is 0 Å². The second-order valence-electron chi connectivity index (χ2n) is 3.31. The Balaban J connectivity index is 3.14.